The van der Waals surface area contributed by atoms with Crippen molar-refractivity contribution in [2.45, 2.75) is 25.9 Å². The van der Waals surface area contributed by atoms with Crippen LogP contribution in [0.4, 0.5) is 0 Å². The predicted molar refractivity (Wildman–Crippen MR) is 64.3 cm³/mol. The van der Waals surface area contributed by atoms with Crippen LogP contribution in [0.2, 0.25) is 0 Å². The van der Waals surface area contributed by atoms with Crippen LogP contribution >= 0.6 is 15.9 Å². The normalized spacial score (nSPS) is 12.8. The molecule has 0 saturated heterocycles. The molecule has 0 radical (unpaired) electrons. The van der Waals surface area contributed by atoms with Gasteiger partial charge in [-0.1, -0.05) is 28.1 Å². The van der Waals surface area contributed by atoms with Crippen LogP contribution in [0.25, 0.3) is 0 Å². The number of hydrogen-bond donors (Lipinski definition) is 2. The van der Waals surface area contributed by atoms with Crippen LogP contribution in [0.3, 0.4) is 0 Å². The number of amides is 1. The predicted octanol–water partition coefficient (Wildman–Crippen LogP) is 1.97. The number of benzene rings is 1. The molecule has 0 fully saturated rings. The van der Waals surface area contributed by atoms with Crippen molar-refractivity contribution >= 4 is 21.8 Å². The van der Waals surface area contributed by atoms with Crippen molar-refractivity contribution in [1.82, 2.24) is 5.32 Å². The zero-order valence-corrected chi connectivity index (χ0v) is 10.4. The van der Waals surface area contributed by atoms with E-state index in [1.165, 1.54) is 0 Å². The third kappa shape index (κ3) is 3.64. The summed E-state index contributed by atoms with van der Waals surface area (Å²) in [5.41, 5.74) is 6.23. The molecule has 4 heteroatoms. The number of nitrogens with one attached hydrogen (secondary N) is 1. The maximum atomic E-state index is 11.3. The number of nitrogens with two attached hydrogens (primary N) is 1. The second-order valence-electron chi connectivity index (χ2n) is 3.71. The third-order valence-electron chi connectivity index (χ3n) is 1.97. The van der Waals surface area contributed by atoms with E-state index in [-0.39, 0.29) is 11.9 Å². The number of halogens is 1. The Hall–Kier alpha value is -0.870. The lowest BCUT2D eigenvalue weighted by atomic mass is 10.1. The first kappa shape index (κ1) is 12.2. The molecule has 0 aliphatic rings. The van der Waals surface area contributed by atoms with Gasteiger partial charge in [-0.25, -0.2) is 0 Å². The highest BCUT2D eigenvalue weighted by atomic mass is 79.9. The molecule has 1 aromatic carbocycles. The molecule has 0 heterocycles. The van der Waals surface area contributed by atoms with Crippen LogP contribution in [-0.2, 0) is 4.79 Å². The molecule has 1 unspecified atom stereocenters. The quantitative estimate of drug-likeness (QED) is 0.879. The molecule has 82 valence electrons. The molecule has 1 atom stereocenters. The number of hydrogen-bond acceptors (Lipinski definition) is 2. The molecule has 0 spiro atoms. The molecule has 15 heavy (non-hydrogen) atoms. The molecule has 0 aliphatic heterocycles. The van der Waals surface area contributed by atoms with Crippen LogP contribution < -0.4 is 11.1 Å². The smallest absolute Gasteiger partial charge is 0.239 e. The minimum atomic E-state index is -0.428. The van der Waals surface area contributed by atoms with Gasteiger partial charge in [0.15, 0.2) is 0 Å². The van der Waals surface area contributed by atoms with Gasteiger partial charge in [0, 0.05) is 10.5 Å². The van der Waals surface area contributed by atoms with Gasteiger partial charge in [-0.15, -0.1) is 0 Å². The molecule has 1 aromatic rings. The van der Waals surface area contributed by atoms with Gasteiger partial charge in [0.2, 0.25) is 5.91 Å². The van der Waals surface area contributed by atoms with Crippen LogP contribution in [0, 0.1) is 0 Å². The van der Waals surface area contributed by atoms with Crippen molar-refractivity contribution in [1.29, 1.82) is 0 Å². The van der Waals surface area contributed by atoms with Gasteiger partial charge in [-0.3, -0.25) is 10.1 Å². The van der Waals surface area contributed by atoms with E-state index in [9.17, 15) is 4.79 Å². The number of primary amides is 1. The Balaban J connectivity index is 2.94. The molecular formula is C11H15BrN2O. The molecule has 0 aliphatic carbocycles. The Morgan fingerprint density at radius 3 is 2.60 bits per heavy atom. The molecule has 0 saturated carbocycles. The highest BCUT2D eigenvalue weighted by molar-refractivity contribution is 9.10. The van der Waals surface area contributed by atoms with Crippen molar-refractivity contribution in [3.63, 3.8) is 0 Å². The van der Waals surface area contributed by atoms with Gasteiger partial charge in [0.1, 0.15) is 6.04 Å². The summed E-state index contributed by atoms with van der Waals surface area (Å²) < 4.78 is 0.941. The highest BCUT2D eigenvalue weighted by Gasteiger charge is 2.18. The van der Waals surface area contributed by atoms with Crippen LogP contribution in [-0.4, -0.2) is 11.9 Å². The van der Waals surface area contributed by atoms with Gasteiger partial charge >= 0.3 is 0 Å². The minimum absolute atomic E-state index is 0.210. The van der Waals surface area contributed by atoms with E-state index < -0.39 is 6.04 Å². The summed E-state index contributed by atoms with van der Waals surface area (Å²) in [7, 11) is 0. The van der Waals surface area contributed by atoms with Gasteiger partial charge in [0.25, 0.3) is 0 Å². The third-order valence-corrected chi connectivity index (χ3v) is 2.46. The van der Waals surface area contributed by atoms with E-state index in [2.05, 4.69) is 21.2 Å². The van der Waals surface area contributed by atoms with E-state index >= 15 is 0 Å². The maximum absolute atomic E-state index is 11.3. The van der Waals surface area contributed by atoms with Gasteiger partial charge in [-0.2, -0.15) is 0 Å². The molecule has 0 aromatic heterocycles. The fraction of sp³-hybridized carbons (Fsp3) is 0.364. The zero-order chi connectivity index (χ0) is 11.4. The monoisotopic (exact) mass is 270 g/mol. The lowest BCUT2D eigenvalue weighted by Gasteiger charge is -2.18. The van der Waals surface area contributed by atoms with Crippen molar-refractivity contribution in [3.05, 3.63) is 34.3 Å². The van der Waals surface area contributed by atoms with Crippen molar-refractivity contribution < 1.29 is 4.79 Å². The lowest BCUT2D eigenvalue weighted by molar-refractivity contribution is -0.120. The summed E-state index contributed by atoms with van der Waals surface area (Å²) in [6.07, 6.45) is 0. The first-order valence-corrected chi connectivity index (χ1v) is 5.61. The van der Waals surface area contributed by atoms with E-state index in [0.29, 0.717) is 0 Å². The summed E-state index contributed by atoms with van der Waals surface area (Å²) in [5, 5.41) is 3.13. The second-order valence-corrected chi connectivity index (χ2v) is 4.63. The first-order valence-electron chi connectivity index (χ1n) is 4.81. The zero-order valence-electron chi connectivity index (χ0n) is 8.83. The van der Waals surface area contributed by atoms with E-state index in [1.54, 1.807) is 0 Å². The maximum Gasteiger partial charge on any atom is 0.239 e. The highest BCUT2D eigenvalue weighted by Crippen LogP contribution is 2.18. The summed E-state index contributed by atoms with van der Waals surface area (Å²) >= 11 is 3.37. The van der Waals surface area contributed by atoms with Crippen molar-refractivity contribution in [3.8, 4) is 0 Å². The Labute approximate surface area is 98.2 Å². The number of carbonyl (C=O) groups excluding carboxylic acids is 1. The van der Waals surface area contributed by atoms with E-state index in [0.717, 1.165) is 10.0 Å². The largest absolute Gasteiger partial charge is 0.368 e. The Bertz CT molecular complexity index is 352. The minimum Gasteiger partial charge on any atom is -0.368 e. The molecule has 0 bridgehead atoms. The van der Waals surface area contributed by atoms with E-state index in [4.69, 9.17) is 5.73 Å². The van der Waals surface area contributed by atoms with Gasteiger partial charge < -0.3 is 5.73 Å². The van der Waals surface area contributed by atoms with E-state index in [1.807, 2.05) is 38.1 Å². The summed E-state index contributed by atoms with van der Waals surface area (Å²) in [5.74, 6) is -0.359. The fourth-order valence-corrected chi connectivity index (χ4v) is 1.78. The topological polar surface area (TPSA) is 55.1 Å². The average Bonchev–Trinajstić information content (AvgIpc) is 2.13. The van der Waals surface area contributed by atoms with Crippen molar-refractivity contribution in [2.75, 3.05) is 0 Å². The Morgan fingerprint density at radius 1 is 1.47 bits per heavy atom. The average molecular weight is 271 g/mol. The molecule has 1 amide bonds. The summed E-state index contributed by atoms with van der Waals surface area (Å²) in [6.45, 7) is 3.96. The van der Waals surface area contributed by atoms with Crippen LogP contribution in [0.1, 0.15) is 25.5 Å². The van der Waals surface area contributed by atoms with Gasteiger partial charge in [0.05, 0.1) is 0 Å². The summed E-state index contributed by atoms with van der Waals surface area (Å²) in [4.78, 5) is 11.3. The van der Waals surface area contributed by atoms with Crippen LogP contribution in [0.5, 0.6) is 0 Å². The van der Waals surface area contributed by atoms with Crippen molar-refractivity contribution in [2.24, 2.45) is 5.73 Å². The Kier molecular flexibility index (Phi) is 4.29. The lowest BCUT2D eigenvalue weighted by Crippen LogP contribution is -2.37. The first-order chi connectivity index (χ1) is 7.00. The number of carbonyl (C=O) groups is 1. The number of rotatable bonds is 4. The summed E-state index contributed by atoms with van der Waals surface area (Å²) in [6, 6.07) is 7.36. The molecule has 1 rings (SSSR count). The molecule has 3 nitrogen and oxygen atoms in total. The molecular weight excluding hydrogens is 256 g/mol. The molecule has 3 N–H and O–H groups in total. The van der Waals surface area contributed by atoms with Gasteiger partial charge in [-0.05, 0) is 31.5 Å². The standard InChI is InChI=1S/C11H15BrN2O/c1-7(2)14-10(11(13)15)8-4-3-5-9(12)6-8/h3-7,10,14H,1-2H3,(H2,13,15). The van der Waals surface area contributed by atoms with Crippen LogP contribution in [0.15, 0.2) is 28.7 Å². The SMILES string of the molecule is CC(C)NC(C(N)=O)c1cccc(Br)c1. The fourth-order valence-electron chi connectivity index (χ4n) is 1.36. The second kappa shape index (κ2) is 5.28. The Morgan fingerprint density at radius 2 is 2.13 bits per heavy atom.